The highest BCUT2D eigenvalue weighted by Crippen LogP contribution is 2.27. The van der Waals surface area contributed by atoms with E-state index in [4.69, 9.17) is 4.74 Å². The summed E-state index contributed by atoms with van der Waals surface area (Å²) in [5.41, 5.74) is 0.705. The summed E-state index contributed by atoms with van der Waals surface area (Å²) in [6.07, 6.45) is 2.71. The lowest BCUT2D eigenvalue weighted by atomic mass is 9.97. The second-order valence-electron chi connectivity index (χ2n) is 5.11. The van der Waals surface area contributed by atoms with E-state index in [-0.39, 0.29) is 6.10 Å². The molecular weight excluding hydrogens is 226 g/mol. The average molecular weight is 249 g/mol. The molecule has 18 heavy (non-hydrogen) atoms. The van der Waals surface area contributed by atoms with Gasteiger partial charge in [0.15, 0.2) is 0 Å². The second kappa shape index (κ2) is 5.72. The number of para-hydroxylation sites is 1. The highest BCUT2D eigenvalue weighted by Gasteiger charge is 2.25. The molecular formula is C15H23NO2. The van der Waals surface area contributed by atoms with Crippen molar-refractivity contribution in [1.29, 1.82) is 0 Å². The van der Waals surface area contributed by atoms with E-state index in [1.165, 1.54) is 5.56 Å². The fraction of sp³-hybridized carbons (Fsp3) is 0.600. The number of ether oxygens (including phenoxy) is 1. The van der Waals surface area contributed by atoms with E-state index >= 15 is 0 Å². The quantitative estimate of drug-likeness (QED) is 0.811. The molecule has 2 N–H and O–H groups in total. The molecule has 1 atom stereocenters. The molecule has 0 aliphatic carbocycles. The SMILES string of the molecule is CCC(O)(CC)CNCC1Cc2ccccc2O1. The Labute approximate surface area is 109 Å². The molecule has 0 spiro atoms. The molecule has 0 saturated heterocycles. The molecule has 1 unspecified atom stereocenters. The zero-order chi connectivity index (χ0) is 13.0. The maximum Gasteiger partial charge on any atom is 0.123 e. The van der Waals surface area contributed by atoms with Crippen LogP contribution >= 0.6 is 0 Å². The van der Waals surface area contributed by atoms with Crippen molar-refractivity contribution < 1.29 is 9.84 Å². The zero-order valence-corrected chi connectivity index (χ0v) is 11.3. The predicted octanol–water partition coefficient (Wildman–Crippen LogP) is 2.13. The average Bonchev–Trinajstić information content (AvgIpc) is 2.81. The maximum absolute atomic E-state index is 10.2. The van der Waals surface area contributed by atoms with Crippen LogP contribution in [0, 0.1) is 0 Å². The monoisotopic (exact) mass is 249 g/mol. The fourth-order valence-electron chi connectivity index (χ4n) is 2.33. The van der Waals surface area contributed by atoms with Crippen LogP contribution in [0.4, 0.5) is 0 Å². The third-order valence-corrected chi connectivity index (χ3v) is 3.86. The minimum absolute atomic E-state index is 0.195. The zero-order valence-electron chi connectivity index (χ0n) is 11.3. The molecule has 1 heterocycles. The van der Waals surface area contributed by atoms with E-state index in [1.54, 1.807) is 0 Å². The van der Waals surface area contributed by atoms with Crippen molar-refractivity contribution >= 4 is 0 Å². The van der Waals surface area contributed by atoms with Gasteiger partial charge in [-0.15, -0.1) is 0 Å². The van der Waals surface area contributed by atoms with Gasteiger partial charge >= 0.3 is 0 Å². The van der Waals surface area contributed by atoms with Crippen LogP contribution in [0.5, 0.6) is 5.75 Å². The Morgan fingerprint density at radius 3 is 2.72 bits per heavy atom. The first-order valence-corrected chi connectivity index (χ1v) is 6.84. The Morgan fingerprint density at radius 1 is 1.33 bits per heavy atom. The molecule has 0 aromatic heterocycles. The Hall–Kier alpha value is -1.06. The van der Waals surface area contributed by atoms with E-state index in [2.05, 4.69) is 11.4 Å². The molecule has 1 aromatic rings. The van der Waals surface area contributed by atoms with Gasteiger partial charge in [-0.2, -0.15) is 0 Å². The van der Waals surface area contributed by atoms with Crippen LogP contribution in [0.15, 0.2) is 24.3 Å². The van der Waals surface area contributed by atoms with Crippen LogP contribution in [-0.4, -0.2) is 29.9 Å². The third-order valence-electron chi connectivity index (χ3n) is 3.86. The van der Waals surface area contributed by atoms with Crippen molar-refractivity contribution in [3.8, 4) is 5.75 Å². The molecule has 1 aliphatic heterocycles. The Balaban J connectivity index is 1.77. The summed E-state index contributed by atoms with van der Waals surface area (Å²) in [4.78, 5) is 0. The van der Waals surface area contributed by atoms with Gasteiger partial charge in [0.1, 0.15) is 11.9 Å². The lowest BCUT2D eigenvalue weighted by Crippen LogP contribution is -2.42. The van der Waals surface area contributed by atoms with Gasteiger partial charge < -0.3 is 15.2 Å². The van der Waals surface area contributed by atoms with Gasteiger partial charge in [-0.25, -0.2) is 0 Å². The van der Waals surface area contributed by atoms with Crippen LogP contribution in [-0.2, 0) is 6.42 Å². The number of hydrogen-bond donors (Lipinski definition) is 2. The predicted molar refractivity (Wildman–Crippen MR) is 73.0 cm³/mol. The summed E-state index contributed by atoms with van der Waals surface area (Å²) in [6.45, 7) is 5.47. The van der Waals surface area contributed by atoms with E-state index in [0.717, 1.165) is 31.6 Å². The van der Waals surface area contributed by atoms with Gasteiger partial charge in [0, 0.05) is 19.5 Å². The number of aliphatic hydroxyl groups is 1. The van der Waals surface area contributed by atoms with Crippen molar-refractivity contribution in [1.82, 2.24) is 5.32 Å². The van der Waals surface area contributed by atoms with E-state index in [0.29, 0.717) is 6.54 Å². The first-order chi connectivity index (χ1) is 8.67. The number of hydrogen-bond acceptors (Lipinski definition) is 3. The minimum Gasteiger partial charge on any atom is -0.488 e. The molecule has 1 aromatic carbocycles. The molecule has 0 radical (unpaired) electrons. The van der Waals surface area contributed by atoms with Crippen molar-refractivity contribution in [3.05, 3.63) is 29.8 Å². The van der Waals surface area contributed by atoms with Crippen molar-refractivity contribution in [2.24, 2.45) is 0 Å². The fourth-order valence-corrected chi connectivity index (χ4v) is 2.33. The van der Waals surface area contributed by atoms with Crippen LogP contribution in [0.25, 0.3) is 0 Å². The molecule has 3 nitrogen and oxygen atoms in total. The van der Waals surface area contributed by atoms with Gasteiger partial charge in [0.25, 0.3) is 0 Å². The first-order valence-electron chi connectivity index (χ1n) is 6.84. The van der Waals surface area contributed by atoms with Gasteiger partial charge in [0.05, 0.1) is 5.60 Å². The Bertz CT molecular complexity index is 363. The number of benzene rings is 1. The molecule has 1 aliphatic rings. The first kappa shape index (κ1) is 13.4. The minimum atomic E-state index is -0.578. The van der Waals surface area contributed by atoms with Crippen LogP contribution in [0.2, 0.25) is 0 Å². The van der Waals surface area contributed by atoms with Crippen LogP contribution in [0.1, 0.15) is 32.3 Å². The highest BCUT2D eigenvalue weighted by atomic mass is 16.5. The van der Waals surface area contributed by atoms with E-state index < -0.39 is 5.60 Å². The lowest BCUT2D eigenvalue weighted by Gasteiger charge is -2.26. The molecule has 0 bridgehead atoms. The highest BCUT2D eigenvalue weighted by molar-refractivity contribution is 5.37. The van der Waals surface area contributed by atoms with Gasteiger partial charge in [-0.3, -0.25) is 0 Å². The summed E-state index contributed by atoms with van der Waals surface area (Å²) in [5.74, 6) is 1.01. The summed E-state index contributed by atoms with van der Waals surface area (Å²) in [7, 11) is 0. The van der Waals surface area contributed by atoms with E-state index in [9.17, 15) is 5.11 Å². The van der Waals surface area contributed by atoms with Gasteiger partial charge in [-0.05, 0) is 24.5 Å². The summed E-state index contributed by atoms with van der Waals surface area (Å²) < 4.78 is 5.84. The van der Waals surface area contributed by atoms with Crippen LogP contribution in [0.3, 0.4) is 0 Å². The summed E-state index contributed by atoms with van der Waals surface area (Å²) in [5, 5.41) is 13.5. The lowest BCUT2D eigenvalue weighted by molar-refractivity contribution is 0.0306. The maximum atomic E-state index is 10.2. The topological polar surface area (TPSA) is 41.5 Å². The Morgan fingerprint density at radius 2 is 2.06 bits per heavy atom. The third kappa shape index (κ3) is 3.03. The summed E-state index contributed by atoms with van der Waals surface area (Å²) in [6, 6.07) is 8.18. The molecule has 3 heteroatoms. The van der Waals surface area contributed by atoms with Crippen molar-refractivity contribution in [2.45, 2.75) is 44.8 Å². The normalized spacial score (nSPS) is 18.5. The summed E-state index contributed by atoms with van der Waals surface area (Å²) >= 11 is 0. The molecule has 100 valence electrons. The van der Waals surface area contributed by atoms with Gasteiger partial charge in [0.2, 0.25) is 0 Å². The second-order valence-corrected chi connectivity index (χ2v) is 5.11. The number of rotatable bonds is 6. The van der Waals surface area contributed by atoms with Gasteiger partial charge in [-0.1, -0.05) is 32.0 Å². The Kier molecular flexibility index (Phi) is 4.25. The molecule has 2 rings (SSSR count). The largest absolute Gasteiger partial charge is 0.488 e. The number of fused-ring (bicyclic) bond motifs is 1. The number of nitrogens with one attached hydrogen (secondary N) is 1. The molecule has 0 amide bonds. The van der Waals surface area contributed by atoms with E-state index in [1.807, 2.05) is 32.0 Å². The standard InChI is InChI=1S/C15H23NO2/c1-3-15(17,4-2)11-16-10-13-9-12-7-5-6-8-14(12)18-13/h5-8,13,16-17H,3-4,9-11H2,1-2H3. The van der Waals surface area contributed by atoms with Crippen LogP contribution < -0.4 is 10.1 Å². The smallest absolute Gasteiger partial charge is 0.123 e. The van der Waals surface area contributed by atoms with Crippen molar-refractivity contribution in [2.75, 3.05) is 13.1 Å². The molecule has 0 saturated carbocycles. The molecule has 0 fully saturated rings. The van der Waals surface area contributed by atoms with Crippen molar-refractivity contribution in [3.63, 3.8) is 0 Å².